The van der Waals surface area contributed by atoms with Crippen LogP contribution in [0.15, 0.2) is 46.6 Å². The van der Waals surface area contributed by atoms with Gasteiger partial charge in [0.15, 0.2) is 4.77 Å². The average molecular weight is 371 g/mol. The molecule has 1 aromatic carbocycles. The zero-order chi connectivity index (χ0) is 17.4. The number of fused-ring (bicyclic) bond motifs is 1. The maximum Gasteiger partial charge on any atom is 0.272 e. The van der Waals surface area contributed by atoms with Gasteiger partial charge in [-0.3, -0.25) is 14.2 Å². The lowest BCUT2D eigenvalue weighted by molar-refractivity contribution is -0.128. The maximum absolute atomic E-state index is 12.6. The number of aromatic nitrogens is 2. The quantitative estimate of drug-likeness (QED) is 0.717. The van der Waals surface area contributed by atoms with E-state index in [2.05, 4.69) is 4.98 Å². The number of thiophene rings is 1. The Kier molecular flexibility index (Phi) is 4.27. The first-order chi connectivity index (χ1) is 12.1. The number of hydrogen-bond donors (Lipinski definition) is 1. The molecule has 1 N–H and O–H groups in total. The first kappa shape index (κ1) is 16.2. The number of carbonyl (C=O) groups is 1. The predicted molar refractivity (Wildman–Crippen MR) is 101 cm³/mol. The molecule has 1 saturated heterocycles. The van der Waals surface area contributed by atoms with Gasteiger partial charge in [0.05, 0.1) is 5.52 Å². The molecule has 1 atom stereocenters. The van der Waals surface area contributed by atoms with Crippen LogP contribution < -0.4 is 5.56 Å². The summed E-state index contributed by atoms with van der Waals surface area (Å²) >= 11 is 6.75. The lowest BCUT2D eigenvalue weighted by Gasteiger charge is -2.17. The van der Waals surface area contributed by atoms with Crippen LogP contribution in [0.4, 0.5) is 0 Å². The van der Waals surface area contributed by atoms with Crippen LogP contribution in [0, 0.1) is 10.7 Å². The van der Waals surface area contributed by atoms with Gasteiger partial charge in [0.1, 0.15) is 4.70 Å². The smallest absolute Gasteiger partial charge is 0.272 e. The molecular formula is C18H17N3O2S2. The fourth-order valence-corrected chi connectivity index (χ4v) is 4.39. The van der Waals surface area contributed by atoms with Gasteiger partial charge in [0.2, 0.25) is 5.91 Å². The lowest BCUT2D eigenvalue weighted by atomic mass is 10.1. The summed E-state index contributed by atoms with van der Waals surface area (Å²) in [4.78, 5) is 29.9. The van der Waals surface area contributed by atoms with Crippen LogP contribution in [0.2, 0.25) is 0 Å². The molecule has 2 aromatic heterocycles. The molecule has 128 valence electrons. The van der Waals surface area contributed by atoms with E-state index in [1.54, 1.807) is 4.57 Å². The van der Waals surface area contributed by atoms with Gasteiger partial charge in [0, 0.05) is 32.0 Å². The topological polar surface area (TPSA) is 58.1 Å². The highest BCUT2D eigenvalue weighted by Crippen LogP contribution is 2.22. The molecule has 3 heterocycles. The molecule has 7 heteroatoms. The number of hydrogen-bond acceptors (Lipinski definition) is 4. The fourth-order valence-electron chi connectivity index (χ4n) is 3.33. The van der Waals surface area contributed by atoms with Crippen LogP contribution in [0.5, 0.6) is 0 Å². The van der Waals surface area contributed by atoms with Crippen LogP contribution in [-0.4, -0.2) is 26.9 Å². The van der Waals surface area contributed by atoms with E-state index in [9.17, 15) is 9.59 Å². The number of likely N-dealkylation sites (tertiary alicyclic amines) is 1. The van der Waals surface area contributed by atoms with Crippen molar-refractivity contribution >= 4 is 39.7 Å². The molecule has 1 unspecified atom stereocenters. The van der Waals surface area contributed by atoms with Crippen molar-refractivity contribution in [2.24, 2.45) is 5.92 Å². The minimum atomic E-state index is -0.0669. The monoisotopic (exact) mass is 371 g/mol. The number of amides is 1. The molecular weight excluding hydrogens is 354 g/mol. The van der Waals surface area contributed by atoms with Gasteiger partial charge in [-0.05, 0) is 29.2 Å². The van der Waals surface area contributed by atoms with E-state index in [1.165, 1.54) is 11.3 Å². The Morgan fingerprint density at radius 1 is 1.20 bits per heavy atom. The van der Waals surface area contributed by atoms with Crippen molar-refractivity contribution in [1.82, 2.24) is 14.5 Å². The normalized spacial score (nSPS) is 17.5. The van der Waals surface area contributed by atoms with Crippen LogP contribution >= 0.6 is 23.6 Å². The second-order valence-electron chi connectivity index (χ2n) is 6.34. The Hall–Kier alpha value is -2.25. The maximum atomic E-state index is 12.6. The molecule has 0 saturated carbocycles. The highest BCUT2D eigenvalue weighted by atomic mass is 32.1. The van der Waals surface area contributed by atoms with Crippen molar-refractivity contribution in [3.63, 3.8) is 0 Å². The van der Waals surface area contributed by atoms with E-state index in [-0.39, 0.29) is 17.4 Å². The van der Waals surface area contributed by atoms with E-state index < -0.39 is 0 Å². The van der Waals surface area contributed by atoms with Crippen molar-refractivity contribution in [1.29, 1.82) is 0 Å². The van der Waals surface area contributed by atoms with Gasteiger partial charge in [0.25, 0.3) is 5.56 Å². The number of benzene rings is 1. The van der Waals surface area contributed by atoms with Gasteiger partial charge in [-0.25, -0.2) is 0 Å². The molecule has 0 spiro atoms. The Labute approximate surface area is 153 Å². The van der Waals surface area contributed by atoms with E-state index in [0.29, 0.717) is 35.5 Å². The van der Waals surface area contributed by atoms with Crippen LogP contribution in [-0.2, 0) is 17.9 Å². The third-order valence-corrected chi connectivity index (χ3v) is 5.77. The molecule has 3 aromatic rings. The molecule has 1 amide bonds. The number of aromatic amines is 1. The minimum Gasteiger partial charge on any atom is -0.338 e. The summed E-state index contributed by atoms with van der Waals surface area (Å²) in [6, 6.07) is 11.8. The van der Waals surface area contributed by atoms with Gasteiger partial charge in [-0.2, -0.15) is 0 Å². The number of carbonyl (C=O) groups excluding carboxylic acids is 1. The summed E-state index contributed by atoms with van der Waals surface area (Å²) in [5.41, 5.74) is 1.83. The van der Waals surface area contributed by atoms with Crippen LogP contribution in [0.1, 0.15) is 12.0 Å². The first-order valence-corrected chi connectivity index (χ1v) is 9.42. The van der Waals surface area contributed by atoms with Crippen molar-refractivity contribution in [2.75, 3.05) is 6.54 Å². The summed E-state index contributed by atoms with van der Waals surface area (Å²) in [7, 11) is 0. The molecule has 4 rings (SSSR count). The van der Waals surface area contributed by atoms with Crippen LogP contribution in [0.25, 0.3) is 10.2 Å². The Bertz CT molecular complexity index is 1040. The van der Waals surface area contributed by atoms with Crippen molar-refractivity contribution in [3.8, 4) is 0 Å². The van der Waals surface area contributed by atoms with Gasteiger partial charge in [-0.15, -0.1) is 11.3 Å². The highest BCUT2D eigenvalue weighted by molar-refractivity contribution is 7.71. The van der Waals surface area contributed by atoms with Gasteiger partial charge >= 0.3 is 0 Å². The highest BCUT2D eigenvalue weighted by Gasteiger charge is 2.30. The SMILES string of the molecule is O=C1CC(Cn2c(=S)[nH]c3ccsc3c2=O)CN1Cc1ccccc1. The first-order valence-electron chi connectivity index (χ1n) is 8.14. The van der Waals surface area contributed by atoms with Gasteiger partial charge in [-0.1, -0.05) is 30.3 Å². The summed E-state index contributed by atoms with van der Waals surface area (Å²) in [5, 5.41) is 1.88. The number of rotatable bonds is 4. The van der Waals surface area contributed by atoms with E-state index >= 15 is 0 Å². The van der Waals surface area contributed by atoms with E-state index in [1.807, 2.05) is 46.7 Å². The average Bonchev–Trinajstić information content (AvgIpc) is 3.19. The zero-order valence-electron chi connectivity index (χ0n) is 13.5. The molecule has 0 radical (unpaired) electrons. The largest absolute Gasteiger partial charge is 0.338 e. The second-order valence-corrected chi connectivity index (χ2v) is 7.64. The van der Waals surface area contributed by atoms with Crippen molar-refractivity contribution < 1.29 is 4.79 Å². The molecule has 0 aliphatic carbocycles. The Morgan fingerprint density at radius 3 is 2.80 bits per heavy atom. The summed E-state index contributed by atoms with van der Waals surface area (Å²) in [6.45, 7) is 1.73. The standard InChI is InChI=1S/C18H17N3O2S2/c22-15-8-13(10-20(15)9-12-4-2-1-3-5-12)11-21-17(23)16-14(6-7-25-16)19-18(21)24/h1-7,13H,8-11H2,(H,19,24). The van der Waals surface area contributed by atoms with Crippen molar-refractivity contribution in [2.45, 2.75) is 19.5 Å². The second kappa shape index (κ2) is 6.57. The molecule has 0 bridgehead atoms. The number of nitrogens with one attached hydrogen (secondary N) is 1. The van der Waals surface area contributed by atoms with E-state index in [4.69, 9.17) is 12.2 Å². The van der Waals surface area contributed by atoms with Gasteiger partial charge < -0.3 is 9.88 Å². The lowest BCUT2D eigenvalue weighted by Crippen LogP contribution is -2.28. The summed E-state index contributed by atoms with van der Waals surface area (Å²) in [5.74, 6) is 0.232. The minimum absolute atomic E-state index is 0.0669. The molecule has 25 heavy (non-hydrogen) atoms. The molecule has 5 nitrogen and oxygen atoms in total. The zero-order valence-corrected chi connectivity index (χ0v) is 15.1. The fraction of sp³-hybridized carbons (Fsp3) is 0.278. The number of H-pyrrole nitrogens is 1. The Morgan fingerprint density at radius 2 is 2.00 bits per heavy atom. The number of nitrogens with zero attached hydrogens (tertiary/aromatic N) is 2. The molecule has 1 aliphatic rings. The van der Waals surface area contributed by atoms with E-state index in [0.717, 1.165) is 11.1 Å². The third-order valence-electron chi connectivity index (χ3n) is 4.54. The third kappa shape index (κ3) is 3.17. The van der Waals surface area contributed by atoms with Crippen LogP contribution in [0.3, 0.4) is 0 Å². The molecule has 1 fully saturated rings. The molecule has 1 aliphatic heterocycles. The predicted octanol–water partition coefficient (Wildman–Crippen LogP) is 3.17. The summed E-state index contributed by atoms with van der Waals surface area (Å²) in [6.07, 6.45) is 0.455. The van der Waals surface area contributed by atoms with Crippen molar-refractivity contribution in [3.05, 3.63) is 62.5 Å². The summed E-state index contributed by atoms with van der Waals surface area (Å²) < 4.78 is 2.70. The Balaban J connectivity index is 1.54.